The lowest BCUT2D eigenvalue weighted by atomic mass is 9.88. The monoisotopic (exact) mass is 503 g/mol. The third kappa shape index (κ3) is 5.37. The molecule has 37 heavy (non-hydrogen) atoms. The van der Waals surface area contributed by atoms with Gasteiger partial charge in [-0.3, -0.25) is 14.3 Å². The van der Waals surface area contributed by atoms with E-state index in [0.717, 1.165) is 6.54 Å². The summed E-state index contributed by atoms with van der Waals surface area (Å²) in [5, 5.41) is 0. The fourth-order valence-electron chi connectivity index (χ4n) is 5.55. The average molecular weight is 504 g/mol. The lowest BCUT2D eigenvalue weighted by Gasteiger charge is -2.42. The molecule has 0 bridgehead atoms. The largest absolute Gasteiger partial charge is 0.493 e. The topological polar surface area (TPSA) is 65.7 Å². The summed E-state index contributed by atoms with van der Waals surface area (Å²) in [6.07, 6.45) is 8.93. The van der Waals surface area contributed by atoms with Crippen molar-refractivity contribution in [3.63, 3.8) is 0 Å². The number of methoxy groups -OCH3 is 1. The van der Waals surface area contributed by atoms with Gasteiger partial charge in [-0.05, 0) is 73.4 Å². The molecule has 2 aromatic carbocycles. The second kappa shape index (κ2) is 11.0. The van der Waals surface area contributed by atoms with Crippen LogP contribution in [-0.4, -0.2) is 33.8 Å². The quantitative estimate of drug-likeness (QED) is 0.414. The summed E-state index contributed by atoms with van der Waals surface area (Å²) in [7, 11) is 3.26. The van der Waals surface area contributed by atoms with E-state index in [9.17, 15) is 9.59 Å². The van der Waals surface area contributed by atoms with E-state index in [0.29, 0.717) is 23.6 Å². The molecule has 0 aliphatic heterocycles. The molecule has 1 aromatic heterocycles. The molecule has 0 amide bonds. The zero-order chi connectivity index (χ0) is 25.9. The van der Waals surface area contributed by atoms with Crippen molar-refractivity contribution in [3.8, 4) is 11.5 Å². The van der Waals surface area contributed by atoms with Gasteiger partial charge in [-0.1, -0.05) is 30.7 Å². The van der Waals surface area contributed by atoms with Gasteiger partial charge in [0.15, 0.2) is 11.5 Å². The Kier molecular flexibility index (Phi) is 7.51. The van der Waals surface area contributed by atoms with Crippen molar-refractivity contribution in [2.75, 3.05) is 13.7 Å². The summed E-state index contributed by atoms with van der Waals surface area (Å²) < 4.78 is 14.2. The maximum atomic E-state index is 12.2. The fourth-order valence-corrected chi connectivity index (χ4v) is 5.55. The first-order valence-electron chi connectivity index (χ1n) is 13.4. The lowest BCUT2D eigenvalue weighted by Crippen LogP contribution is -2.41. The Bertz CT molecular complexity index is 1370. The molecule has 7 nitrogen and oxygen atoms in total. The first-order chi connectivity index (χ1) is 17.9. The second-order valence-electron chi connectivity index (χ2n) is 10.3. The molecule has 196 valence electrons. The molecule has 1 fully saturated rings. The summed E-state index contributed by atoms with van der Waals surface area (Å²) in [6.45, 7) is 3.54. The Labute approximate surface area is 218 Å². The molecule has 0 saturated heterocycles. The van der Waals surface area contributed by atoms with Crippen molar-refractivity contribution in [2.45, 2.75) is 70.6 Å². The maximum absolute atomic E-state index is 12.2. The summed E-state index contributed by atoms with van der Waals surface area (Å²) in [5.74, 6) is 1.26. The molecule has 2 aliphatic rings. The van der Waals surface area contributed by atoms with Crippen LogP contribution >= 0.6 is 0 Å². The van der Waals surface area contributed by atoms with E-state index in [1.165, 1.54) is 82.2 Å². The van der Waals surface area contributed by atoms with Crippen LogP contribution in [0.25, 0.3) is 0 Å². The first-order valence-corrected chi connectivity index (χ1v) is 13.4. The van der Waals surface area contributed by atoms with Gasteiger partial charge in [0, 0.05) is 37.9 Å². The van der Waals surface area contributed by atoms with E-state index in [-0.39, 0.29) is 24.4 Å². The molecular formula is C30H37N3O4. The lowest BCUT2D eigenvalue weighted by molar-refractivity contribution is 0.0783. The number of aryl methyl sites for hydroxylation is 3. The summed E-state index contributed by atoms with van der Waals surface area (Å²) in [6, 6.07) is 15.5. The first kappa shape index (κ1) is 25.3. The zero-order valence-corrected chi connectivity index (χ0v) is 22.1. The predicted molar refractivity (Wildman–Crippen MR) is 144 cm³/mol. The van der Waals surface area contributed by atoms with E-state index in [2.05, 4.69) is 36.1 Å². The van der Waals surface area contributed by atoms with Gasteiger partial charge >= 0.3 is 5.69 Å². The van der Waals surface area contributed by atoms with Crippen molar-refractivity contribution in [3.05, 3.63) is 91.8 Å². The number of nitrogens with zero attached hydrogens (tertiary/aromatic N) is 3. The van der Waals surface area contributed by atoms with E-state index >= 15 is 0 Å². The van der Waals surface area contributed by atoms with Gasteiger partial charge in [0.05, 0.1) is 13.7 Å². The Morgan fingerprint density at radius 1 is 1.00 bits per heavy atom. The second-order valence-corrected chi connectivity index (χ2v) is 10.3. The molecule has 7 heteroatoms. The summed E-state index contributed by atoms with van der Waals surface area (Å²) in [5.41, 5.74) is 4.94. The van der Waals surface area contributed by atoms with Crippen LogP contribution in [0.4, 0.5) is 0 Å². The summed E-state index contributed by atoms with van der Waals surface area (Å²) >= 11 is 0. The highest BCUT2D eigenvalue weighted by molar-refractivity contribution is 5.43. The third-order valence-electron chi connectivity index (χ3n) is 8.05. The van der Waals surface area contributed by atoms with E-state index < -0.39 is 0 Å². The molecule has 0 N–H and O–H groups in total. The average Bonchev–Trinajstić information content (AvgIpc) is 3.35. The van der Waals surface area contributed by atoms with Gasteiger partial charge in [0.25, 0.3) is 5.56 Å². The predicted octanol–water partition coefficient (Wildman–Crippen LogP) is 4.24. The van der Waals surface area contributed by atoms with Crippen molar-refractivity contribution in [1.29, 1.82) is 0 Å². The molecule has 2 aliphatic carbocycles. The van der Waals surface area contributed by atoms with Crippen LogP contribution in [0.3, 0.4) is 0 Å². The Balaban J connectivity index is 1.29. The number of hydrogen-bond donors (Lipinski definition) is 0. The minimum Gasteiger partial charge on any atom is -0.493 e. The van der Waals surface area contributed by atoms with Gasteiger partial charge in [-0.25, -0.2) is 4.79 Å². The summed E-state index contributed by atoms with van der Waals surface area (Å²) in [4.78, 5) is 26.9. The normalized spacial score (nSPS) is 15.9. The Hall–Kier alpha value is -3.32. The SMILES string of the molecule is COc1cc(CN(C2CCC2)[C@H](C)c2ccc3c(c2)CCC3)ccc1OCCn1c(=O)ccn(C)c1=O. The molecule has 3 aromatic rings. The number of aromatic nitrogens is 2. The smallest absolute Gasteiger partial charge is 0.330 e. The molecule has 0 radical (unpaired) electrons. The van der Waals surface area contributed by atoms with Crippen LogP contribution in [0.5, 0.6) is 11.5 Å². The van der Waals surface area contributed by atoms with Crippen LogP contribution in [0, 0.1) is 0 Å². The van der Waals surface area contributed by atoms with E-state index in [1.807, 2.05) is 12.1 Å². The van der Waals surface area contributed by atoms with Crippen LogP contribution < -0.4 is 20.7 Å². The molecule has 0 spiro atoms. The molecule has 1 atom stereocenters. The fraction of sp³-hybridized carbons (Fsp3) is 0.467. The molecule has 0 unspecified atom stereocenters. The highest BCUT2D eigenvalue weighted by Crippen LogP contribution is 2.36. The number of hydrogen-bond acceptors (Lipinski definition) is 5. The minimum absolute atomic E-state index is 0.172. The molecule has 1 heterocycles. The van der Waals surface area contributed by atoms with Crippen LogP contribution in [0.15, 0.2) is 58.3 Å². The Morgan fingerprint density at radius 2 is 1.81 bits per heavy atom. The van der Waals surface area contributed by atoms with Gasteiger partial charge in [0.2, 0.25) is 0 Å². The maximum Gasteiger partial charge on any atom is 0.330 e. The van der Waals surface area contributed by atoms with Crippen LogP contribution in [0.1, 0.15) is 60.9 Å². The molecule has 1 saturated carbocycles. The number of fused-ring (bicyclic) bond motifs is 1. The molecule has 5 rings (SSSR count). The van der Waals surface area contributed by atoms with Gasteiger partial charge in [0.1, 0.15) is 6.61 Å². The number of rotatable bonds is 10. The minimum atomic E-state index is -0.355. The standard InChI is InChI=1S/C30H37N3O4/c1-21(24-12-11-23-6-4-7-25(23)19-24)33(26-8-5-9-26)20-22-10-13-27(28(18-22)36-3)37-17-16-32-29(34)14-15-31(2)30(32)35/h10-15,18-19,21,26H,4-9,16-17,20H2,1-3H3/t21-/m1/s1. The molecular weight excluding hydrogens is 466 g/mol. The van der Waals surface area contributed by atoms with Crippen molar-refractivity contribution in [1.82, 2.24) is 14.0 Å². The highest BCUT2D eigenvalue weighted by atomic mass is 16.5. The van der Waals surface area contributed by atoms with Gasteiger partial charge in [-0.2, -0.15) is 0 Å². The van der Waals surface area contributed by atoms with Crippen LogP contribution in [0.2, 0.25) is 0 Å². The number of ether oxygens (including phenoxy) is 2. The van der Waals surface area contributed by atoms with Crippen molar-refractivity contribution in [2.24, 2.45) is 7.05 Å². The van der Waals surface area contributed by atoms with E-state index in [1.54, 1.807) is 14.2 Å². The van der Waals surface area contributed by atoms with Gasteiger partial charge in [-0.15, -0.1) is 0 Å². The third-order valence-corrected chi connectivity index (χ3v) is 8.05. The van der Waals surface area contributed by atoms with Crippen molar-refractivity contribution < 1.29 is 9.47 Å². The van der Waals surface area contributed by atoms with E-state index in [4.69, 9.17) is 9.47 Å². The Morgan fingerprint density at radius 3 is 2.57 bits per heavy atom. The van der Waals surface area contributed by atoms with Crippen LogP contribution in [-0.2, 0) is 33.0 Å². The number of benzene rings is 2. The zero-order valence-electron chi connectivity index (χ0n) is 22.1. The van der Waals surface area contributed by atoms with Crippen molar-refractivity contribution >= 4 is 0 Å². The highest BCUT2D eigenvalue weighted by Gasteiger charge is 2.30. The van der Waals surface area contributed by atoms with Gasteiger partial charge < -0.3 is 14.0 Å².